The average Bonchev–Trinajstić information content (AvgIpc) is 2.48. The van der Waals surface area contributed by atoms with Crippen LogP contribution in [0.4, 0.5) is 5.69 Å². The molecule has 1 atom stereocenters. The largest absolute Gasteiger partial charge is 0.384 e. The normalized spacial score (nSPS) is 18.0. The number of nitrogens with one attached hydrogen (secondary N) is 1. The molecule has 21 heavy (non-hydrogen) atoms. The van der Waals surface area contributed by atoms with Gasteiger partial charge >= 0.3 is 0 Å². The van der Waals surface area contributed by atoms with Crippen molar-refractivity contribution in [2.75, 3.05) is 38.3 Å². The first-order valence-corrected chi connectivity index (χ1v) is 8.71. The molecular formula is C17H27BrN2O. The molecule has 0 bridgehead atoms. The van der Waals surface area contributed by atoms with Crippen molar-refractivity contribution >= 4 is 21.6 Å². The van der Waals surface area contributed by atoms with Crippen LogP contribution in [0.15, 0.2) is 22.7 Å². The quantitative estimate of drug-likeness (QED) is 0.835. The molecule has 0 aliphatic carbocycles. The summed E-state index contributed by atoms with van der Waals surface area (Å²) in [6, 6.07) is 7.04. The van der Waals surface area contributed by atoms with Crippen LogP contribution >= 0.6 is 15.9 Å². The molecule has 0 amide bonds. The third kappa shape index (κ3) is 4.44. The van der Waals surface area contributed by atoms with Crippen molar-refractivity contribution in [3.63, 3.8) is 0 Å². The second-order valence-corrected chi connectivity index (χ2v) is 6.78. The van der Waals surface area contributed by atoms with Crippen LogP contribution in [0.1, 0.15) is 38.3 Å². The Bertz CT molecular complexity index is 444. The lowest BCUT2D eigenvalue weighted by molar-refractivity contribution is 0.139. The molecule has 1 aliphatic heterocycles. The second-order valence-electron chi connectivity index (χ2n) is 5.87. The van der Waals surface area contributed by atoms with Crippen LogP contribution < -0.4 is 10.2 Å². The minimum atomic E-state index is 0.384. The Hall–Kier alpha value is -0.580. The number of hydrogen-bond acceptors (Lipinski definition) is 3. The van der Waals surface area contributed by atoms with Gasteiger partial charge in [-0.2, -0.15) is 0 Å². The molecule has 1 heterocycles. The van der Waals surface area contributed by atoms with Gasteiger partial charge in [0.2, 0.25) is 0 Å². The molecule has 1 unspecified atom stereocenters. The molecule has 0 saturated carbocycles. The summed E-state index contributed by atoms with van der Waals surface area (Å²) in [5.74, 6) is 0.716. The van der Waals surface area contributed by atoms with E-state index in [4.69, 9.17) is 4.74 Å². The van der Waals surface area contributed by atoms with E-state index in [0.29, 0.717) is 12.0 Å². The Labute approximate surface area is 137 Å². The fourth-order valence-corrected chi connectivity index (χ4v) is 3.50. The van der Waals surface area contributed by atoms with E-state index in [1.54, 1.807) is 7.11 Å². The highest BCUT2D eigenvalue weighted by atomic mass is 79.9. The van der Waals surface area contributed by atoms with Gasteiger partial charge in [-0.3, -0.25) is 0 Å². The lowest BCUT2D eigenvalue weighted by Gasteiger charge is -2.35. The molecule has 0 aromatic heterocycles. The van der Waals surface area contributed by atoms with Crippen LogP contribution in [0, 0.1) is 5.92 Å². The first-order valence-electron chi connectivity index (χ1n) is 7.92. The maximum absolute atomic E-state index is 5.30. The summed E-state index contributed by atoms with van der Waals surface area (Å²) >= 11 is 3.62. The van der Waals surface area contributed by atoms with E-state index in [-0.39, 0.29) is 0 Å². The van der Waals surface area contributed by atoms with Gasteiger partial charge in [0.25, 0.3) is 0 Å². The monoisotopic (exact) mass is 354 g/mol. The molecule has 1 aliphatic rings. The van der Waals surface area contributed by atoms with Crippen LogP contribution in [0.5, 0.6) is 0 Å². The zero-order valence-electron chi connectivity index (χ0n) is 13.4. The van der Waals surface area contributed by atoms with Gasteiger partial charge in [0.15, 0.2) is 0 Å². The highest BCUT2D eigenvalue weighted by Crippen LogP contribution is 2.32. The van der Waals surface area contributed by atoms with E-state index in [1.807, 2.05) is 0 Å². The van der Waals surface area contributed by atoms with Crippen molar-refractivity contribution in [3.8, 4) is 0 Å². The predicted molar refractivity (Wildman–Crippen MR) is 93.0 cm³/mol. The van der Waals surface area contributed by atoms with Gasteiger partial charge in [-0.05, 0) is 49.9 Å². The molecule has 1 saturated heterocycles. The van der Waals surface area contributed by atoms with Crippen LogP contribution in [0.2, 0.25) is 0 Å². The van der Waals surface area contributed by atoms with Gasteiger partial charge in [-0.25, -0.2) is 0 Å². The Morgan fingerprint density at radius 3 is 2.71 bits per heavy atom. The van der Waals surface area contributed by atoms with E-state index in [0.717, 1.165) is 30.7 Å². The maximum Gasteiger partial charge on any atom is 0.0491 e. The van der Waals surface area contributed by atoms with Crippen LogP contribution in [-0.2, 0) is 4.74 Å². The summed E-state index contributed by atoms with van der Waals surface area (Å²) in [4.78, 5) is 2.53. The molecule has 0 radical (unpaired) electrons. The molecule has 1 aromatic rings. The van der Waals surface area contributed by atoms with E-state index >= 15 is 0 Å². The van der Waals surface area contributed by atoms with E-state index in [1.165, 1.54) is 24.1 Å². The molecule has 3 nitrogen and oxygen atoms in total. The first-order chi connectivity index (χ1) is 10.2. The standard InChI is InChI=1S/C17H27BrN2O/c1-4-19-13(2)16-6-5-15(18)11-17(16)20-9-7-14(8-10-20)12-21-3/h5-6,11,13-14,19H,4,7-10,12H2,1-3H3. The SMILES string of the molecule is CCNC(C)c1ccc(Br)cc1N1CCC(COC)CC1. The van der Waals surface area contributed by atoms with Crippen LogP contribution in [0.25, 0.3) is 0 Å². The van der Waals surface area contributed by atoms with E-state index < -0.39 is 0 Å². The predicted octanol–water partition coefficient (Wildman–Crippen LogP) is 3.98. The Morgan fingerprint density at radius 2 is 2.10 bits per heavy atom. The number of benzene rings is 1. The van der Waals surface area contributed by atoms with Gasteiger partial charge in [0, 0.05) is 43.0 Å². The number of rotatable bonds is 6. The van der Waals surface area contributed by atoms with E-state index in [2.05, 4.69) is 58.2 Å². The summed E-state index contributed by atoms with van der Waals surface area (Å²) in [7, 11) is 1.80. The van der Waals surface area contributed by atoms with Crippen LogP contribution in [-0.4, -0.2) is 33.4 Å². The van der Waals surface area contributed by atoms with Gasteiger partial charge in [-0.1, -0.05) is 28.9 Å². The minimum absolute atomic E-state index is 0.384. The van der Waals surface area contributed by atoms with Gasteiger partial charge in [-0.15, -0.1) is 0 Å². The number of halogens is 1. The number of methoxy groups -OCH3 is 1. The fraction of sp³-hybridized carbons (Fsp3) is 0.647. The third-order valence-corrected chi connectivity index (χ3v) is 4.82. The molecule has 2 rings (SSSR count). The van der Waals surface area contributed by atoms with Crippen molar-refractivity contribution in [1.82, 2.24) is 5.32 Å². The summed E-state index contributed by atoms with van der Waals surface area (Å²) in [6.45, 7) is 8.53. The zero-order chi connectivity index (χ0) is 15.2. The number of piperidine rings is 1. The number of ether oxygens (including phenoxy) is 1. The van der Waals surface area contributed by atoms with Crippen molar-refractivity contribution < 1.29 is 4.74 Å². The smallest absolute Gasteiger partial charge is 0.0491 e. The van der Waals surface area contributed by atoms with Crippen molar-refractivity contribution in [2.24, 2.45) is 5.92 Å². The lowest BCUT2D eigenvalue weighted by Crippen LogP contribution is -2.36. The molecular weight excluding hydrogens is 328 g/mol. The summed E-state index contributed by atoms with van der Waals surface area (Å²) in [5, 5.41) is 3.53. The Morgan fingerprint density at radius 1 is 1.38 bits per heavy atom. The van der Waals surface area contributed by atoms with Crippen molar-refractivity contribution in [3.05, 3.63) is 28.2 Å². The average molecular weight is 355 g/mol. The molecule has 1 aromatic carbocycles. The first kappa shape index (κ1) is 16.8. The number of anilines is 1. The van der Waals surface area contributed by atoms with E-state index in [9.17, 15) is 0 Å². The van der Waals surface area contributed by atoms with Gasteiger partial charge in [0.05, 0.1) is 0 Å². The topological polar surface area (TPSA) is 24.5 Å². The van der Waals surface area contributed by atoms with Crippen molar-refractivity contribution in [2.45, 2.75) is 32.7 Å². The summed E-state index contributed by atoms with van der Waals surface area (Å²) in [5.41, 5.74) is 2.76. The van der Waals surface area contributed by atoms with Gasteiger partial charge < -0.3 is 15.0 Å². The second kappa shape index (κ2) is 8.16. The lowest BCUT2D eigenvalue weighted by atomic mass is 9.96. The summed E-state index contributed by atoms with van der Waals surface area (Å²) in [6.07, 6.45) is 2.44. The number of nitrogens with zero attached hydrogens (tertiary/aromatic N) is 1. The van der Waals surface area contributed by atoms with Crippen LogP contribution in [0.3, 0.4) is 0 Å². The summed E-state index contributed by atoms with van der Waals surface area (Å²) < 4.78 is 6.46. The minimum Gasteiger partial charge on any atom is -0.384 e. The molecule has 0 spiro atoms. The highest BCUT2D eigenvalue weighted by Gasteiger charge is 2.22. The maximum atomic E-state index is 5.30. The highest BCUT2D eigenvalue weighted by molar-refractivity contribution is 9.10. The third-order valence-electron chi connectivity index (χ3n) is 4.33. The molecule has 118 valence electrons. The number of hydrogen-bond donors (Lipinski definition) is 1. The molecule has 4 heteroatoms. The Kier molecular flexibility index (Phi) is 6.52. The molecule has 1 fully saturated rings. The fourth-order valence-electron chi connectivity index (χ4n) is 3.15. The zero-order valence-corrected chi connectivity index (χ0v) is 14.9. The van der Waals surface area contributed by atoms with Gasteiger partial charge in [0.1, 0.15) is 0 Å². The molecule has 1 N–H and O–H groups in total. The van der Waals surface area contributed by atoms with Crippen molar-refractivity contribution in [1.29, 1.82) is 0 Å². The Balaban J connectivity index is 2.13.